The summed E-state index contributed by atoms with van der Waals surface area (Å²) in [6.45, 7) is 3.15. The fourth-order valence-corrected chi connectivity index (χ4v) is 13.2. The third kappa shape index (κ3) is 1.98. The van der Waals surface area contributed by atoms with Crippen LogP contribution in [-0.4, -0.2) is 18.9 Å². The molecule has 8 fully saturated rings. The standard InChI is InChI=1S/C29H38O3/c1-12-15-9-16(22(12)29(30)32-21-4-2-3-7-31-21)26-20-11-19(25(15)26)27-17-10-18(28(20)27)24-14-6-5-13(8-14)23(17)24/h5-6,12-28H,2-4,7-11H2,1H3. The van der Waals surface area contributed by atoms with Crippen molar-refractivity contribution < 1.29 is 14.3 Å². The fraction of sp³-hybridized carbons (Fsp3) is 0.897. The first kappa shape index (κ1) is 18.5. The van der Waals surface area contributed by atoms with Gasteiger partial charge in [0.15, 0.2) is 0 Å². The molecule has 1 heterocycles. The Morgan fingerprint density at radius 2 is 1.34 bits per heavy atom. The van der Waals surface area contributed by atoms with E-state index in [0.717, 1.165) is 103 Å². The molecule has 3 heteroatoms. The van der Waals surface area contributed by atoms with Crippen LogP contribution in [0.1, 0.15) is 51.9 Å². The molecule has 0 amide bonds. The molecule has 7 saturated carbocycles. The van der Waals surface area contributed by atoms with Gasteiger partial charge in [0.2, 0.25) is 6.29 Å². The van der Waals surface area contributed by atoms with Crippen LogP contribution in [0.5, 0.6) is 0 Å². The number of hydrogen-bond donors (Lipinski definition) is 0. The van der Waals surface area contributed by atoms with E-state index in [1.807, 2.05) is 0 Å². The van der Waals surface area contributed by atoms with E-state index in [2.05, 4.69) is 19.1 Å². The molecule has 32 heavy (non-hydrogen) atoms. The van der Waals surface area contributed by atoms with Crippen molar-refractivity contribution in [2.45, 2.75) is 58.2 Å². The van der Waals surface area contributed by atoms with Gasteiger partial charge in [0.1, 0.15) is 0 Å². The van der Waals surface area contributed by atoms with Crippen LogP contribution in [0.3, 0.4) is 0 Å². The van der Waals surface area contributed by atoms with Crippen LogP contribution in [-0.2, 0) is 14.3 Å². The number of carbonyl (C=O) groups excluding carboxylic acids is 1. The highest BCUT2D eigenvalue weighted by Crippen LogP contribution is 2.81. The molecule has 8 bridgehead atoms. The Labute approximate surface area is 192 Å². The van der Waals surface area contributed by atoms with Crippen LogP contribution in [0.2, 0.25) is 0 Å². The van der Waals surface area contributed by atoms with Gasteiger partial charge in [0.05, 0.1) is 12.5 Å². The first-order valence-corrected chi connectivity index (χ1v) is 14.2. The summed E-state index contributed by atoms with van der Waals surface area (Å²) in [4.78, 5) is 13.4. The average Bonchev–Trinajstić information content (AvgIpc) is 3.62. The second-order valence-electron chi connectivity index (χ2n) is 13.7. The summed E-state index contributed by atoms with van der Waals surface area (Å²) >= 11 is 0. The second-order valence-corrected chi connectivity index (χ2v) is 13.7. The van der Waals surface area contributed by atoms with Crippen LogP contribution in [0.15, 0.2) is 12.2 Å². The molecular formula is C29H38O3. The van der Waals surface area contributed by atoms with E-state index in [1.54, 1.807) is 6.42 Å². The molecule has 0 aromatic rings. The summed E-state index contributed by atoms with van der Waals surface area (Å²) in [6.07, 6.45) is 14.0. The van der Waals surface area contributed by atoms with E-state index in [9.17, 15) is 4.79 Å². The highest BCUT2D eigenvalue weighted by Gasteiger charge is 2.77. The lowest BCUT2D eigenvalue weighted by Crippen LogP contribution is -2.49. The molecule has 0 N–H and O–H groups in total. The van der Waals surface area contributed by atoms with Crippen LogP contribution in [0.4, 0.5) is 0 Å². The average molecular weight is 435 g/mol. The van der Waals surface area contributed by atoms with Gasteiger partial charge in [-0.25, -0.2) is 0 Å². The van der Waals surface area contributed by atoms with Crippen LogP contribution < -0.4 is 0 Å². The van der Waals surface area contributed by atoms with Gasteiger partial charge in [0.25, 0.3) is 0 Å². The van der Waals surface area contributed by atoms with Gasteiger partial charge < -0.3 is 9.47 Å². The van der Waals surface area contributed by atoms with Crippen molar-refractivity contribution in [1.29, 1.82) is 0 Å². The second kappa shape index (κ2) is 6.04. The Balaban J connectivity index is 1.01. The minimum Gasteiger partial charge on any atom is -0.436 e. The molecule has 9 rings (SSSR count). The fourth-order valence-electron chi connectivity index (χ4n) is 13.2. The van der Waals surface area contributed by atoms with Gasteiger partial charge in [-0.15, -0.1) is 0 Å². The summed E-state index contributed by atoms with van der Waals surface area (Å²) in [5, 5.41) is 0. The van der Waals surface area contributed by atoms with E-state index >= 15 is 0 Å². The van der Waals surface area contributed by atoms with Gasteiger partial charge >= 0.3 is 5.97 Å². The zero-order valence-corrected chi connectivity index (χ0v) is 19.4. The maximum atomic E-state index is 13.4. The lowest BCUT2D eigenvalue weighted by molar-refractivity contribution is -0.196. The van der Waals surface area contributed by atoms with Crippen molar-refractivity contribution in [3.63, 3.8) is 0 Å². The van der Waals surface area contributed by atoms with E-state index < -0.39 is 0 Å². The minimum absolute atomic E-state index is 0.0981. The summed E-state index contributed by atoms with van der Waals surface area (Å²) in [7, 11) is 0. The van der Waals surface area contributed by atoms with Gasteiger partial charge in [-0.3, -0.25) is 4.79 Å². The zero-order valence-electron chi connectivity index (χ0n) is 19.4. The van der Waals surface area contributed by atoms with Crippen molar-refractivity contribution in [1.82, 2.24) is 0 Å². The lowest BCUT2D eigenvalue weighted by Gasteiger charge is -2.51. The monoisotopic (exact) mass is 434 g/mol. The van der Waals surface area contributed by atoms with E-state index in [1.165, 1.54) is 19.3 Å². The Hall–Kier alpha value is -0.830. The molecule has 1 aliphatic heterocycles. The molecular weight excluding hydrogens is 396 g/mol. The largest absolute Gasteiger partial charge is 0.436 e. The van der Waals surface area contributed by atoms with Gasteiger partial charge in [0, 0.05) is 6.42 Å². The molecule has 17 unspecified atom stereocenters. The maximum Gasteiger partial charge on any atom is 0.311 e. The summed E-state index contributed by atoms with van der Waals surface area (Å²) in [6, 6.07) is 0. The molecule has 0 aromatic heterocycles. The van der Waals surface area contributed by atoms with Crippen molar-refractivity contribution in [2.24, 2.45) is 94.7 Å². The Morgan fingerprint density at radius 1 is 0.750 bits per heavy atom. The molecule has 9 aliphatic rings. The Kier molecular flexibility index (Phi) is 3.49. The summed E-state index contributed by atoms with van der Waals surface area (Å²) in [5.41, 5.74) is 0. The number of hydrogen-bond acceptors (Lipinski definition) is 3. The van der Waals surface area contributed by atoms with E-state index in [0.29, 0.717) is 11.8 Å². The van der Waals surface area contributed by atoms with Crippen molar-refractivity contribution >= 4 is 5.97 Å². The molecule has 0 spiro atoms. The quantitative estimate of drug-likeness (QED) is 0.342. The summed E-state index contributed by atoms with van der Waals surface area (Å²) < 4.78 is 11.7. The van der Waals surface area contributed by atoms with Crippen molar-refractivity contribution in [3.05, 3.63) is 12.2 Å². The number of allylic oxidation sites excluding steroid dienone is 2. The van der Waals surface area contributed by atoms with Crippen LogP contribution in [0, 0.1) is 94.7 Å². The predicted octanol–water partition coefficient (Wildman–Crippen LogP) is 5.16. The molecule has 1 saturated heterocycles. The third-order valence-corrected chi connectivity index (χ3v) is 13.4. The predicted molar refractivity (Wildman–Crippen MR) is 119 cm³/mol. The number of rotatable bonds is 2. The van der Waals surface area contributed by atoms with Gasteiger partial charge in [-0.05, 0) is 127 Å². The molecule has 0 aromatic carbocycles. The number of esters is 1. The number of fused-ring (bicyclic) bond motifs is 23. The van der Waals surface area contributed by atoms with Crippen LogP contribution >= 0.6 is 0 Å². The Morgan fingerprint density at radius 3 is 2.00 bits per heavy atom. The summed E-state index contributed by atoms with van der Waals surface area (Å²) in [5.74, 6) is 14.1. The van der Waals surface area contributed by atoms with E-state index in [-0.39, 0.29) is 18.2 Å². The number of carbonyl (C=O) groups is 1. The highest BCUT2D eigenvalue weighted by atomic mass is 16.7. The minimum atomic E-state index is -0.267. The zero-order chi connectivity index (χ0) is 20.9. The lowest BCUT2D eigenvalue weighted by atomic mass is 9.53. The smallest absolute Gasteiger partial charge is 0.311 e. The Bertz CT molecular complexity index is 889. The molecule has 3 nitrogen and oxygen atoms in total. The SMILES string of the molecule is CC1C2CC(C1C(=O)OC1CCCCO1)C1C3CC(C21)C1C2CC(C4C5C=CC(C5)C24)C31. The van der Waals surface area contributed by atoms with Crippen molar-refractivity contribution in [3.8, 4) is 0 Å². The normalized spacial score (nSPS) is 66.1. The maximum absolute atomic E-state index is 13.4. The highest BCUT2D eigenvalue weighted by molar-refractivity contribution is 5.74. The molecule has 17 atom stereocenters. The van der Waals surface area contributed by atoms with Gasteiger partial charge in [-0.1, -0.05) is 19.1 Å². The van der Waals surface area contributed by atoms with Crippen molar-refractivity contribution in [2.75, 3.05) is 6.61 Å². The number of ether oxygens (including phenoxy) is 2. The third-order valence-electron chi connectivity index (χ3n) is 13.4. The van der Waals surface area contributed by atoms with Gasteiger partial charge in [-0.2, -0.15) is 0 Å². The topological polar surface area (TPSA) is 35.5 Å². The molecule has 0 radical (unpaired) electrons. The first-order chi connectivity index (χ1) is 15.7. The molecule has 172 valence electrons. The first-order valence-electron chi connectivity index (χ1n) is 14.2. The van der Waals surface area contributed by atoms with Crippen LogP contribution in [0.25, 0.3) is 0 Å². The molecule has 8 aliphatic carbocycles. The van der Waals surface area contributed by atoms with E-state index in [4.69, 9.17) is 9.47 Å².